The van der Waals surface area contributed by atoms with E-state index < -0.39 is 0 Å². The number of halogens is 2. The highest BCUT2D eigenvalue weighted by Crippen LogP contribution is 2.18. The largest absolute Gasteiger partial charge is 0.330 e. The van der Waals surface area contributed by atoms with E-state index in [-0.39, 0.29) is 18.1 Å². The molecule has 0 saturated carbocycles. The van der Waals surface area contributed by atoms with E-state index in [1.165, 1.54) is 18.2 Å². The summed E-state index contributed by atoms with van der Waals surface area (Å²) in [5.74, 6) is -0.469. The summed E-state index contributed by atoms with van der Waals surface area (Å²) < 4.78 is 13.4. The normalized spacial score (nSPS) is 9.93. The molecule has 0 spiro atoms. The smallest absolute Gasteiger partial charge is 0.225 e. The van der Waals surface area contributed by atoms with Gasteiger partial charge in [0.2, 0.25) is 5.91 Å². The summed E-state index contributed by atoms with van der Waals surface area (Å²) in [4.78, 5) is 11.2. The van der Waals surface area contributed by atoms with Crippen molar-refractivity contribution in [3.8, 4) is 0 Å². The zero-order valence-corrected chi connectivity index (χ0v) is 9.55. The molecule has 0 radical (unpaired) electrons. The van der Waals surface area contributed by atoms with Gasteiger partial charge < -0.3 is 11.1 Å². The van der Waals surface area contributed by atoms with E-state index in [0.717, 1.165) is 0 Å². The summed E-state index contributed by atoms with van der Waals surface area (Å²) >= 11 is 1.96. The van der Waals surface area contributed by atoms with Crippen molar-refractivity contribution in [2.45, 2.75) is 6.42 Å². The van der Waals surface area contributed by atoms with Crippen LogP contribution in [0.4, 0.5) is 10.1 Å². The van der Waals surface area contributed by atoms with Gasteiger partial charge >= 0.3 is 0 Å². The number of amides is 1. The molecule has 1 aromatic carbocycles. The maximum absolute atomic E-state index is 12.7. The molecule has 0 heterocycles. The second-order valence-corrected chi connectivity index (χ2v) is 3.87. The molecule has 3 N–H and O–H groups in total. The van der Waals surface area contributed by atoms with E-state index in [9.17, 15) is 9.18 Å². The van der Waals surface area contributed by atoms with Crippen molar-refractivity contribution in [3.05, 3.63) is 27.6 Å². The molecule has 3 nitrogen and oxygen atoms in total. The monoisotopic (exact) mass is 308 g/mol. The summed E-state index contributed by atoms with van der Waals surface area (Å²) in [5, 5.41) is 2.65. The molecular weight excluding hydrogens is 298 g/mol. The van der Waals surface area contributed by atoms with Crippen LogP contribution in [0.3, 0.4) is 0 Å². The lowest BCUT2D eigenvalue weighted by molar-refractivity contribution is -0.116. The first-order chi connectivity index (χ1) is 6.63. The Morgan fingerprint density at radius 3 is 2.86 bits per heavy atom. The zero-order valence-electron chi connectivity index (χ0n) is 7.39. The van der Waals surface area contributed by atoms with Crippen molar-refractivity contribution in [2.24, 2.45) is 5.73 Å². The predicted octanol–water partition coefficient (Wildman–Crippen LogP) is 1.72. The molecule has 0 aliphatic carbocycles. The number of carbonyl (C=O) groups excluding carboxylic acids is 1. The SMILES string of the molecule is NCCC(=O)Nc1ccc(F)cc1I. The summed E-state index contributed by atoms with van der Waals surface area (Å²) in [6, 6.07) is 4.20. The Kier molecular flexibility index (Phi) is 4.27. The third-order valence-corrected chi connectivity index (χ3v) is 2.47. The minimum absolute atomic E-state index is 0.156. The van der Waals surface area contributed by atoms with Crippen LogP contribution < -0.4 is 11.1 Å². The van der Waals surface area contributed by atoms with Crippen molar-refractivity contribution < 1.29 is 9.18 Å². The highest BCUT2D eigenvalue weighted by Gasteiger charge is 2.04. The van der Waals surface area contributed by atoms with Crippen molar-refractivity contribution >= 4 is 34.2 Å². The molecule has 1 rings (SSSR count). The Hall–Kier alpha value is -0.690. The lowest BCUT2D eigenvalue weighted by Crippen LogP contribution is -2.16. The lowest BCUT2D eigenvalue weighted by Gasteiger charge is -2.06. The fraction of sp³-hybridized carbons (Fsp3) is 0.222. The molecule has 0 unspecified atom stereocenters. The Balaban J connectivity index is 2.72. The maximum atomic E-state index is 12.7. The summed E-state index contributed by atoms with van der Waals surface area (Å²) in [6.07, 6.45) is 0.271. The molecule has 0 atom stereocenters. The molecule has 76 valence electrons. The zero-order chi connectivity index (χ0) is 10.6. The number of benzene rings is 1. The summed E-state index contributed by atoms with van der Waals surface area (Å²) in [5.41, 5.74) is 5.84. The van der Waals surface area contributed by atoms with Gasteiger partial charge in [0.25, 0.3) is 0 Å². The average molecular weight is 308 g/mol. The second kappa shape index (κ2) is 5.26. The first-order valence-corrected chi connectivity index (χ1v) is 5.16. The molecule has 14 heavy (non-hydrogen) atoms. The molecule has 1 amide bonds. The third-order valence-electron chi connectivity index (χ3n) is 1.58. The number of carbonyl (C=O) groups is 1. The van der Waals surface area contributed by atoms with E-state index in [0.29, 0.717) is 15.8 Å². The maximum Gasteiger partial charge on any atom is 0.225 e. The second-order valence-electron chi connectivity index (χ2n) is 2.71. The standard InChI is InChI=1S/C9H10FIN2O/c10-6-1-2-8(7(11)5-6)13-9(14)3-4-12/h1-2,5H,3-4,12H2,(H,13,14). The molecule has 0 saturated heterocycles. The van der Waals surface area contributed by atoms with Crippen LogP contribution in [-0.2, 0) is 4.79 Å². The summed E-state index contributed by atoms with van der Waals surface area (Å²) in [7, 11) is 0. The van der Waals surface area contributed by atoms with Crippen molar-refractivity contribution in [3.63, 3.8) is 0 Å². The minimum atomic E-state index is -0.314. The van der Waals surface area contributed by atoms with Gasteiger partial charge in [0.1, 0.15) is 5.82 Å². The quantitative estimate of drug-likeness (QED) is 0.836. The van der Waals surface area contributed by atoms with Crippen LogP contribution in [-0.4, -0.2) is 12.5 Å². The van der Waals surface area contributed by atoms with E-state index in [4.69, 9.17) is 5.73 Å². The highest BCUT2D eigenvalue weighted by molar-refractivity contribution is 14.1. The first-order valence-electron chi connectivity index (χ1n) is 4.08. The van der Waals surface area contributed by atoms with E-state index >= 15 is 0 Å². The molecule has 0 aliphatic heterocycles. The van der Waals surface area contributed by atoms with Crippen LogP contribution in [0.2, 0.25) is 0 Å². The van der Waals surface area contributed by atoms with Gasteiger partial charge in [-0.15, -0.1) is 0 Å². The van der Waals surface area contributed by atoms with Gasteiger partial charge in [0, 0.05) is 16.5 Å². The van der Waals surface area contributed by atoms with E-state index in [1.807, 2.05) is 22.6 Å². The fourth-order valence-corrected chi connectivity index (χ4v) is 1.55. The number of anilines is 1. The molecule has 0 fully saturated rings. The highest BCUT2D eigenvalue weighted by atomic mass is 127. The molecular formula is C9H10FIN2O. The Labute approximate surface area is 95.0 Å². The van der Waals surface area contributed by atoms with Gasteiger partial charge in [-0.05, 0) is 40.8 Å². The molecule has 5 heteroatoms. The van der Waals surface area contributed by atoms with Gasteiger partial charge in [0.15, 0.2) is 0 Å². The third kappa shape index (κ3) is 3.22. The fourth-order valence-electron chi connectivity index (χ4n) is 0.935. The average Bonchev–Trinajstić information content (AvgIpc) is 2.10. The van der Waals surface area contributed by atoms with Gasteiger partial charge in [-0.25, -0.2) is 4.39 Å². The number of rotatable bonds is 3. The summed E-state index contributed by atoms with van der Waals surface area (Å²) in [6.45, 7) is 0.309. The van der Waals surface area contributed by atoms with Gasteiger partial charge in [-0.1, -0.05) is 0 Å². The van der Waals surface area contributed by atoms with Crippen molar-refractivity contribution in [1.82, 2.24) is 0 Å². The van der Waals surface area contributed by atoms with Crippen LogP contribution in [0.5, 0.6) is 0 Å². The lowest BCUT2D eigenvalue weighted by atomic mass is 10.3. The van der Waals surface area contributed by atoms with Crippen molar-refractivity contribution in [2.75, 3.05) is 11.9 Å². The van der Waals surface area contributed by atoms with Crippen molar-refractivity contribution in [1.29, 1.82) is 0 Å². The van der Waals surface area contributed by atoms with E-state index in [1.54, 1.807) is 0 Å². The van der Waals surface area contributed by atoms with Crippen LogP contribution in [0.1, 0.15) is 6.42 Å². The van der Waals surface area contributed by atoms with Crippen LogP contribution >= 0.6 is 22.6 Å². The number of hydrogen-bond donors (Lipinski definition) is 2. The van der Waals surface area contributed by atoms with Gasteiger partial charge in [-0.3, -0.25) is 4.79 Å². The van der Waals surface area contributed by atoms with Crippen LogP contribution in [0.25, 0.3) is 0 Å². The molecule has 1 aromatic rings. The number of nitrogens with two attached hydrogens (primary N) is 1. The van der Waals surface area contributed by atoms with Crippen LogP contribution in [0, 0.1) is 9.39 Å². The number of hydrogen-bond acceptors (Lipinski definition) is 2. The topological polar surface area (TPSA) is 55.1 Å². The van der Waals surface area contributed by atoms with Crippen LogP contribution in [0.15, 0.2) is 18.2 Å². The Bertz CT molecular complexity index is 344. The minimum Gasteiger partial charge on any atom is -0.330 e. The number of nitrogens with one attached hydrogen (secondary N) is 1. The van der Waals surface area contributed by atoms with Gasteiger partial charge in [-0.2, -0.15) is 0 Å². The molecule has 0 bridgehead atoms. The Morgan fingerprint density at radius 2 is 2.29 bits per heavy atom. The molecule has 0 aliphatic rings. The van der Waals surface area contributed by atoms with E-state index in [2.05, 4.69) is 5.32 Å². The van der Waals surface area contributed by atoms with Gasteiger partial charge in [0.05, 0.1) is 5.69 Å². The Morgan fingerprint density at radius 1 is 1.57 bits per heavy atom. The molecule has 0 aromatic heterocycles. The first kappa shape index (κ1) is 11.4. The predicted molar refractivity (Wildman–Crippen MR) is 61.4 cm³/mol.